The summed E-state index contributed by atoms with van der Waals surface area (Å²) < 4.78 is 5.68. The van der Waals surface area contributed by atoms with Gasteiger partial charge in [-0.3, -0.25) is 4.79 Å². The zero-order valence-corrected chi connectivity index (χ0v) is 15.3. The molecule has 4 nitrogen and oxygen atoms in total. The molecule has 1 atom stereocenters. The van der Waals surface area contributed by atoms with Crippen LogP contribution in [0.4, 0.5) is 0 Å². The van der Waals surface area contributed by atoms with Gasteiger partial charge >= 0.3 is 0 Å². The molecular weight excluding hydrogens is 320 g/mol. The Balaban J connectivity index is 1.61. The van der Waals surface area contributed by atoms with Crippen molar-refractivity contribution in [3.05, 3.63) is 40.7 Å². The minimum Gasteiger partial charge on any atom is -0.374 e. The van der Waals surface area contributed by atoms with Crippen LogP contribution in [0, 0.1) is 0 Å². The molecule has 2 aromatic rings. The molecule has 0 N–H and O–H groups in total. The summed E-state index contributed by atoms with van der Waals surface area (Å²) in [6.07, 6.45) is 1.29. The Hall–Kier alpha value is -1.72. The molecule has 0 spiro atoms. The van der Waals surface area contributed by atoms with Crippen molar-refractivity contribution in [2.45, 2.75) is 45.3 Å². The number of ether oxygens (including phenoxy) is 1. The number of carbonyl (C=O) groups is 1. The van der Waals surface area contributed by atoms with Crippen LogP contribution in [0.1, 0.15) is 32.2 Å². The van der Waals surface area contributed by atoms with Gasteiger partial charge in [-0.2, -0.15) is 0 Å². The molecule has 1 amide bonds. The quantitative estimate of drug-likeness (QED) is 0.848. The highest BCUT2D eigenvalue weighted by molar-refractivity contribution is 7.09. The molecule has 128 valence electrons. The van der Waals surface area contributed by atoms with Crippen LogP contribution < -0.4 is 0 Å². The van der Waals surface area contributed by atoms with Crippen molar-refractivity contribution in [2.75, 3.05) is 13.2 Å². The van der Waals surface area contributed by atoms with E-state index in [1.807, 2.05) is 30.0 Å². The van der Waals surface area contributed by atoms with Gasteiger partial charge in [-0.1, -0.05) is 30.3 Å². The smallest absolute Gasteiger partial charge is 0.223 e. The lowest BCUT2D eigenvalue weighted by molar-refractivity contribution is -0.152. The molecule has 1 unspecified atom stereocenters. The van der Waals surface area contributed by atoms with E-state index in [1.54, 1.807) is 11.3 Å². The van der Waals surface area contributed by atoms with Crippen LogP contribution in [0.5, 0.6) is 0 Å². The van der Waals surface area contributed by atoms with Crippen molar-refractivity contribution in [3.8, 4) is 11.3 Å². The minimum atomic E-state index is -0.234. The van der Waals surface area contributed by atoms with Crippen molar-refractivity contribution >= 4 is 17.2 Å². The lowest BCUT2D eigenvalue weighted by Crippen LogP contribution is -2.57. The van der Waals surface area contributed by atoms with Gasteiger partial charge in [0.2, 0.25) is 5.91 Å². The molecule has 0 bridgehead atoms. The van der Waals surface area contributed by atoms with Crippen LogP contribution in [-0.2, 0) is 16.0 Å². The third-order valence-corrected chi connectivity index (χ3v) is 5.28. The average Bonchev–Trinajstić information content (AvgIpc) is 3.05. The SMILES string of the molecule is CC1CN(C(=O)CCc2nc(-c3ccccc3)cs2)C(C)(C)CO1. The van der Waals surface area contributed by atoms with Crippen molar-refractivity contribution in [3.63, 3.8) is 0 Å². The number of carbonyl (C=O) groups excluding carboxylic acids is 1. The van der Waals surface area contributed by atoms with E-state index in [1.165, 1.54) is 0 Å². The second-order valence-electron chi connectivity index (χ2n) is 6.93. The molecule has 5 heteroatoms. The Morgan fingerprint density at radius 2 is 2.12 bits per heavy atom. The van der Waals surface area contributed by atoms with Gasteiger partial charge in [0.15, 0.2) is 0 Å². The molecule has 24 heavy (non-hydrogen) atoms. The molecule has 1 aromatic carbocycles. The van der Waals surface area contributed by atoms with Crippen LogP contribution in [0.3, 0.4) is 0 Å². The molecule has 0 saturated carbocycles. The van der Waals surface area contributed by atoms with Crippen LogP contribution >= 0.6 is 11.3 Å². The van der Waals surface area contributed by atoms with Gasteiger partial charge in [0.25, 0.3) is 0 Å². The summed E-state index contributed by atoms with van der Waals surface area (Å²) in [5.41, 5.74) is 1.87. The second kappa shape index (κ2) is 7.03. The van der Waals surface area contributed by atoms with Gasteiger partial charge in [0.05, 0.1) is 29.0 Å². The fraction of sp³-hybridized carbons (Fsp3) is 0.474. The number of hydrogen-bond acceptors (Lipinski definition) is 4. The van der Waals surface area contributed by atoms with Gasteiger partial charge in [-0.05, 0) is 20.8 Å². The lowest BCUT2D eigenvalue weighted by Gasteiger charge is -2.44. The fourth-order valence-corrected chi connectivity index (χ4v) is 3.74. The Morgan fingerprint density at radius 3 is 2.88 bits per heavy atom. The number of rotatable bonds is 4. The number of aryl methyl sites for hydroxylation is 1. The highest BCUT2D eigenvalue weighted by Crippen LogP contribution is 2.25. The minimum absolute atomic E-state index is 0.103. The summed E-state index contributed by atoms with van der Waals surface area (Å²) in [6, 6.07) is 10.1. The summed E-state index contributed by atoms with van der Waals surface area (Å²) in [4.78, 5) is 19.3. The average molecular weight is 344 g/mol. The first-order valence-electron chi connectivity index (χ1n) is 8.37. The van der Waals surface area contributed by atoms with Gasteiger partial charge in [-0.25, -0.2) is 4.98 Å². The molecular formula is C19H24N2O2S. The monoisotopic (exact) mass is 344 g/mol. The zero-order valence-electron chi connectivity index (χ0n) is 14.5. The first-order valence-corrected chi connectivity index (χ1v) is 9.25. The first kappa shape index (κ1) is 17.1. The molecule has 3 rings (SSSR count). The van der Waals surface area contributed by atoms with Crippen molar-refractivity contribution in [1.82, 2.24) is 9.88 Å². The maximum absolute atomic E-state index is 12.7. The predicted molar refractivity (Wildman–Crippen MR) is 97.1 cm³/mol. The van der Waals surface area contributed by atoms with E-state index in [0.717, 1.165) is 16.3 Å². The predicted octanol–water partition coefficient (Wildman–Crippen LogP) is 3.77. The first-order chi connectivity index (χ1) is 11.5. The van der Waals surface area contributed by atoms with Crippen molar-refractivity contribution < 1.29 is 9.53 Å². The Kier molecular flexibility index (Phi) is 5.01. The third kappa shape index (κ3) is 3.84. The summed E-state index contributed by atoms with van der Waals surface area (Å²) in [7, 11) is 0. The van der Waals surface area contributed by atoms with Gasteiger partial charge in [0, 0.05) is 30.3 Å². The Bertz CT molecular complexity index is 696. The highest BCUT2D eigenvalue weighted by atomic mass is 32.1. The van der Waals surface area contributed by atoms with Crippen LogP contribution in [0.15, 0.2) is 35.7 Å². The van der Waals surface area contributed by atoms with Crippen molar-refractivity contribution in [2.24, 2.45) is 0 Å². The van der Waals surface area contributed by atoms with E-state index >= 15 is 0 Å². The van der Waals surface area contributed by atoms with Gasteiger partial charge in [-0.15, -0.1) is 11.3 Å². The van der Waals surface area contributed by atoms with Gasteiger partial charge in [0.1, 0.15) is 0 Å². The summed E-state index contributed by atoms with van der Waals surface area (Å²) in [5.74, 6) is 0.187. The maximum Gasteiger partial charge on any atom is 0.223 e. The van der Waals surface area contributed by atoms with E-state index in [2.05, 4.69) is 36.3 Å². The molecule has 2 heterocycles. The normalized spacial score (nSPS) is 20.1. The molecule has 1 aromatic heterocycles. The molecule has 1 fully saturated rings. The lowest BCUT2D eigenvalue weighted by atomic mass is 10.00. The largest absolute Gasteiger partial charge is 0.374 e. The van der Waals surface area contributed by atoms with E-state index in [9.17, 15) is 4.79 Å². The Morgan fingerprint density at radius 1 is 1.38 bits per heavy atom. The van der Waals surface area contributed by atoms with Crippen LogP contribution in [-0.4, -0.2) is 40.6 Å². The van der Waals surface area contributed by atoms with Crippen LogP contribution in [0.25, 0.3) is 11.3 Å². The molecule has 0 aliphatic carbocycles. The fourth-order valence-electron chi connectivity index (χ4n) is 2.94. The topological polar surface area (TPSA) is 42.4 Å². The standard InChI is InChI=1S/C19H24N2O2S/c1-14-11-21(19(2,3)13-23-14)18(22)10-9-17-20-16(12-24-17)15-7-5-4-6-8-15/h4-8,12,14H,9-11,13H2,1-3H3. The number of nitrogens with zero attached hydrogens (tertiary/aromatic N) is 2. The van der Waals surface area contributed by atoms with E-state index in [0.29, 0.717) is 26.0 Å². The number of amides is 1. The maximum atomic E-state index is 12.7. The highest BCUT2D eigenvalue weighted by Gasteiger charge is 2.36. The number of morpholine rings is 1. The zero-order chi connectivity index (χ0) is 17.2. The number of benzene rings is 1. The van der Waals surface area contributed by atoms with E-state index in [-0.39, 0.29) is 17.6 Å². The van der Waals surface area contributed by atoms with Crippen LogP contribution in [0.2, 0.25) is 0 Å². The summed E-state index contributed by atoms with van der Waals surface area (Å²) in [5, 5.41) is 3.08. The summed E-state index contributed by atoms with van der Waals surface area (Å²) >= 11 is 1.63. The molecule has 1 aliphatic heterocycles. The van der Waals surface area contributed by atoms with Gasteiger partial charge < -0.3 is 9.64 Å². The number of aromatic nitrogens is 1. The third-order valence-electron chi connectivity index (χ3n) is 4.37. The van der Waals surface area contributed by atoms with E-state index < -0.39 is 0 Å². The van der Waals surface area contributed by atoms with Crippen molar-refractivity contribution in [1.29, 1.82) is 0 Å². The number of thiazole rings is 1. The molecule has 1 saturated heterocycles. The molecule has 1 aliphatic rings. The number of hydrogen-bond donors (Lipinski definition) is 0. The Labute approximate surface area is 147 Å². The molecule has 0 radical (unpaired) electrons. The second-order valence-corrected chi connectivity index (χ2v) is 7.87. The van der Waals surface area contributed by atoms with E-state index in [4.69, 9.17) is 4.74 Å². The summed E-state index contributed by atoms with van der Waals surface area (Å²) in [6.45, 7) is 7.40.